The fourth-order valence-electron chi connectivity index (χ4n) is 3.45. The topological polar surface area (TPSA) is 110 Å². The van der Waals surface area contributed by atoms with Crippen molar-refractivity contribution in [1.82, 2.24) is 9.80 Å². The molecule has 2 aliphatic rings. The number of benzene rings is 1. The number of barbiturate groups is 1. The minimum absolute atomic E-state index is 0.244. The number of hydrogen-bond donors (Lipinski definition) is 2. The van der Waals surface area contributed by atoms with Gasteiger partial charge in [-0.15, -0.1) is 0 Å². The van der Waals surface area contributed by atoms with E-state index in [9.17, 15) is 14.4 Å². The van der Waals surface area contributed by atoms with Crippen LogP contribution in [-0.2, 0) is 22.4 Å². The maximum Gasteiger partial charge on any atom is 0.334 e. The number of carbonyl (C=O) groups excluding carboxylic acids is 3. The van der Waals surface area contributed by atoms with Crippen molar-refractivity contribution in [3.05, 3.63) is 46.8 Å². The lowest BCUT2D eigenvalue weighted by molar-refractivity contribution is -0.137. The number of hydrogen-bond acceptors (Lipinski definition) is 5. The molecule has 1 aliphatic heterocycles. The summed E-state index contributed by atoms with van der Waals surface area (Å²) < 4.78 is 0. The van der Waals surface area contributed by atoms with Gasteiger partial charge >= 0.3 is 6.03 Å². The van der Waals surface area contributed by atoms with E-state index < -0.39 is 17.8 Å². The average molecular weight is 342 g/mol. The number of unbranched alkanes of at least 4 members (excludes halogenated alkanes) is 1. The van der Waals surface area contributed by atoms with Crippen molar-refractivity contribution in [2.24, 2.45) is 11.5 Å². The maximum atomic E-state index is 12.9. The van der Waals surface area contributed by atoms with Crippen molar-refractivity contribution in [3.63, 3.8) is 0 Å². The van der Waals surface area contributed by atoms with Crippen molar-refractivity contribution >= 4 is 17.8 Å². The van der Waals surface area contributed by atoms with Gasteiger partial charge in [0.25, 0.3) is 11.8 Å². The van der Waals surface area contributed by atoms with Gasteiger partial charge in [0, 0.05) is 12.6 Å². The number of nitrogens with zero attached hydrogens (tertiary/aromatic N) is 2. The third kappa shape index (κ3) is 2.86. The fraction of sp³-hybridized carbons (Fsp3) is 0.389. The Morgan fingerprint density at radius 1 is 1.08 bits per heavy atom. The molecule has 1 heterocycles. The molecule has 1 aromatic rings. The fourth-order valence-corrected chi connectivity index (χ4v) is 3.45. The van der Waals surface area contributed by atoms with Crippen LogP contribution in [0.3, 0.4) is 0 Å². The Morgan fingerprint density at radius 3 is 2.20 bits per heavy atom. The molecule has 4 N–H and O–H groups in total. The zero-order chi connectivity index (χ0) is 18.1. The van der Waals surface area contributed by atoms with Crippen molar-refractivity contribution in [3.8, 4) is 0 Å². The summed E-state index contributed by atoms with van der Waals surface area (Å²) in [5.74, 6) is -1.74. The molecule has 132 valence electrons. The average Bonchev–Trinajstić information content (AvgIpc) is 2.97. The second-order valence-corrected chi connectivity index (χ2v) is 6.43. The van der Waals surface area contributed by atoms with Gasteiger partial charge in [-0.25, -0.2) is 4.79 Å². The summed E-state index contributed by atoms with van der Waals surface area (Å²) in [5, 5.41) is 0. The number of carbonyl (C=O) groups is 3. The first-order chi connectivity index (χ1) is 12.0. The van der Waals surface area contributed by atoms with Crippen molar-refractivity contribution in [2.75, 3.05) is 6.54 Å². The normalized spacial score (nSPS) is 18.1. The molecule has 0 aromatic heterocycles. The highest BCUT2D eigenvalue weighted by Crippen LogP contribution is 2.29. The second kappa shape index (κ2) is 6.58. The summed E-state index contributed by atoms with van der Waals surface area (Å²) in [6.45, 7) is 2.21. The Bertz CT molecular complexity index is 742. The highest BCUT2D eigenvalue weighted by molar-refractivity contribution is 6.29. The Labute approximate surface area is 146 Å². The van der Waals surface area contributed by atoms with Crippen LogP contribution in [0, 0.1) is 0 Å². The highest BCUT2D eigenvalue weighted by atomic mass is 16.2. The van der Waals surface area contributed by atoms with Crippen LogP contribution in [-0.4, -0.2) is 40.2 Å². The van der Waals surface area contributed by atoms with Crippen LogP contribution >= 0.6 is 0 Å². The molecule has 0 bridgehead atoms. The minimum atomic E-state index is -0.699. The molecule has 0 radical (unpaired) electrons. The lowest BCUT2D eigenvalue weighted by Gasteiger charge is -2.37. The van der Waals surface area contributed by atoms with Crippen LogP contribution < -0.4 is 11.5 Å². The van der Waals surface area contributed by atoms with Gasteiger partial charge in [-0.1, -0.05) is 37.6 Å². The molecule has 25 heavy (non-hydrogen) atoms. The van der Waals surface area contributed by atoms with Gasteiger partial charge < -0.3 is 11.5 Å². The molecular formula is C18H22N4O3. The van der Waals surface area contributed by atoms with E-state index in [4.69, 9.17) is 11.5 Å². The maximum absolute atomic E-state index is 12.9. The zero-order valence-corrected chi connectivity index (χ0v) is 14.2. The summed E-state index contributed by atoms with van der Waals surface area (Å²) in [4.78, 5) is 40.4. The highest BCUT2D eigenvalue weighted by Gasteiger charge is 2.46. The van der Waals surface area contributed by atoms with Gasteiger partial charge in [0.2, 0.25) is 0 Å². The number of nitrogens with two attached hydrogens (primary N) is 2. The molecule has 4 amide bonds. The van der Waals surface area contributed by atoms with Crippen LogP contribution in [0.5, 0.6) is 0 Å². The van der Waals surface area contributed by atoms with E-state index in [1.54, 1.807) is 0 Å². The molecule has 0 saturated carbocycles. The van der Waals surface area contributed by atoms with Crippen LogP contribution in [0.15, 0.2) is 35.7 Å². The quantitative estimate of drug-likeness (QED) is 0.623. The van der Waals surface area contributed by atoms with Gasteiger partial charge in [-0.2, -0.15) is 0 Å². The number of rotatable bonds is 4. The van der Waals surface area contributed by atoms with Crippen LogP contribution in [0.25, 0.3) is 0 Å². The number of imide groups is 2. The first kappa shape index (κ1) is 17.0. The van der Waals surface area contributed by atoms with E-state index in [0.29, 0.717) is 19.3 Å². The lowest BCUT2D eigenvalue weighted by atomic mass is 10.1. The molecule has 7 nitrogen and oxygen atoms in total. The number of amides is 4. The van der Waals surface area contributed by atoms with Gasteiger partial charge in [0.05, 0.1) is 0 Å². The largest absolute Gasteiger partial charge is 0.385 e. The van der Waals surface area contributed by atoms with E-state index in [0.717, 1.165) is 27.3 Å². The van der Waals surface area contributed by atoms with Crippen molar-refractivity contribution in [1.29, 1.82) is 0 Å². The minimum Gasteiger partial charge on any atom is -0.385 e. The Kier molecular flexibility index (Phi) is 4.48. The summed E-state index contributed by atoms with van der Waals surface area (Å²) in [7, 11) is 0. The van der Waals surface area contributed by atoms with Crippen molar-refractivity contribution in [2.45, 2.75) is 38.6 Å². The molecule has 3 rings (SSSR count). The zero-order valence-electron chi connectivity index (χ0n) is 14.2. The Hall–Kier alpha value is -2.83. The first-order valence-corrected chi connectivity index (χ1v) is 8.47. The van der Waals surface area contributed by atoms with Crippen LogP contribution in [0.4, 0.5) is 4.79 Å². The Morgan fingerprint density at radius 2 is 1.68 bits per heavy atom. The molecular weight excluding hydrogens is 320 g/mol. The summed E-state index contributed by atoms with van der Waals surface area (Å²) in [5.41, 5.74) is 13.1. The molecule has 1 aliphatic carbocycles. The van der Waals surface area contributed by atoms with Crippen LogP contribution in [0.2, 0.25) is 0 Å². The summed E-state index contributed by atoms with van der Waals surface area (Å²) in [6.07, 6.45) is 2.61. The van der Waals surface area contributed by atoms with Gasteiger partial charge in [0.15, 0.2) is 0 Å². The third-order valence-corrected chi connectivity index (χ3v) is 4.75. The predicted octanol–water partition coefficient (Wildman–Crippen LogP) is 0.874. The summed E-state index contributed by atoms with van der Waals surface area (Å²) >= 11 is 0. The Balaban J connectivity index is 1.95. The van der Waals surface area contributed by atoms with Crippen molar-refractivity contribution < 1.29 is 14.4 Å². The predicted molar refractivity (Wildman–Crippen MR) is 91.9 cm³/mol. The SMILES string of the molecule is CCCCN1C(=O)C(=C(N)N)C(=O)N(C2Cc3ccccc3C2)C1=O. The smallest absolute Gasteiger partial charge is 0.334 e. The molecule has 1 aromatic carbocycles. The molecule has 0 spiro atoms. The third-order valence-electron chi connectivity index (χ3n) is 4.75. The first-order valence-electron chi connectivity index (χ1n) is 8.47. The molecule has 0 unspecified atom stereocenters. The van der Waals surface area contributed by atoms with E-state index in [2.05, 4.69) is 0 Å². The van der Waals surface area contributed by atoms with E-state index >= 15 is 0 Å². The number of fused-ring (bicyclic) bond motifs is 1. The second-order valence-electron chi connectivity index (χ2n) is 6.43. The van der Waals surface area contributed by atoms with E-state index in [1.165, 1.54) is 0 Å². The van der Waals surface area contributed by atoms with Crippen LogP contribution in [0.1, 0.15) is 30.9 Å². The molecule has 7 heteroatoms. The molecule has 1 saturated heterocycles. The van der Waals surface area contributed by atoms with Gasteiger partial charge in [-0.05, 0) is 30.4 Å². The molecule has 1 fully saturated rings. The standard InChI is InChI=1S/C18H22N4O3/c1-2-3-8-21-16(23)14(15(19)20)17(24)22(18(21)25)13-9-11-6-4-5-7-12(11)10-13/h4-7,13H,2-3,8-10,19-20H2,1H3. The summed E-state index contributed by atoms with van der Waals surface area (Å²) in [6, 6.07) is 6.93. The lowest BCUT2D eigenvalue weighted by Crippen LogP contribution is -2.60. The van der Waals surface area contributed by atoms with Gasteiger partial charge in [0.1, 0.15) is 11.4 Å². The monoisotopic (exact) mass is 342 g/mol. The van der Waals surface area contributed by atoms with E-state index in [-0.39, 0.29) is 24.0 Å². The number of urea groups is 1. The van der Waals surface area contributed by atoms with E-state index in [1.807, 2.05) is 31.2 Å². The molecule has 0 atom stereocenters. The van der Waals surface area contributed by atoms with Gasteiger partial charge in [-0.3, -0.25) is 19.4 Å².